The molecule has 0 unspecified atom stereocenters. The molecule has 0 atom stereocenters. The smallest absolute Gasteiger partial charge is 0.255 e. The minimum absolute atomic E-state index is 0.188. The normalized spacial score (nSPS) is 12.4. The molecule has 5 nitrogen and oxygen atoms in total. The maximum atomic E-state index is 12.4. The molecule has 1 aliphatic heterocycles. The number of amides is 1. The van der Waals surface area contributed by atoms with E-state index in [-0.39, 0.29) is 12.7 Å². The third-order valence-electron chi connectivity index (χ3n) is 3.52. The molecule has 0 saturated heterocycles. The number of anilines is 1. The molecule has 4 rings (SSSR count). The number of nitrogens with one attached hydrogen (secondary N) is 1. The number of pyridine rings is 1. The van der Waals surface area contributed by atoms with Crippen LogP contribution in [-0.4, -0.2) is 17.7 Å². The molecule has 22 heavy (non-hydrogen) atoms. The van der Waals surface area contributed by atoms with Crippen LogP contribution in [0.25, 0.3) is 10.9 Å². The van der Waals surface area contributed by atoms with Crippen molar-refractivity contribution in [2.45, 2.75) is 0 Å². The van der Waals surface area contributed by atoms with Crippen molar-refractivity contribution in [1.29, 1.82) is 0 Å². The van der Waals surface area contributed by atoms with Crippen LogP contribution in [0.4, 0.5) is 5.69 Å². The predicted molar refractivity (Wildman–Crippen MR) is 82.3 cm³/mol. The zero-order valence-electron chi connectivity index (χ0n) is 11.6. The van der Waals surface area contributed by atoms with Gasteiger partial charge in [-0.2, -0.15) is 0 Å². The van der Waals surface area contributed by atoms with E-state index in [1.165, 1.54) is 0 Å². The molecule has 108 valence electrons. The summed E-state index contributed by atoms with van der Waals surface area (Å²) in [5.74, 6) is 1.03. The molecular weight excluding hydrogens is 280 g/mol. The first-order valence-electron chi connectivity index (χ1n) is 6.86. The Balaban J connectivity index is 1.66. The lowest BCUT2D eigenvalue weighted by Crippen LogP contribution is -2.12. The van der Waals surface area contributed by atoms with Crippen molar-refractivity contribution in [1.82, 2.24) is 4.98 Å². The van der Waals surface area contributed by atoms with E-state index in [9.17, 15) is 4.79 Å². The fraction of sp³-hybridized carbons (Fsp3) is 0.0588. The van der Waals surface area contributed by atoms with Gasteiger partial charge in [-0.1, -0.05) is 18.2 Å². The second kappa shape index (κ2) is 5.04. The Kier molecular flexibility index (Phi) is 2.89. The van der Waals surface area contributed by atoms with E-state index in [1.54, 1.807) is 24.4 Å². The zero-order valence-corrected chi connectivity index (χ0v) is 11.6. The van der Waals surface area contributed by atoms with E-state index in [1.807, 2.05) is 30.3 Å². The number of fused-ring (bicyclic) bond motifs is 2. The summed E-state index contributed by atoms with van der Waals surface area (Å²) in [6.45, 7) is 0.188. The highest BCUT2D eigenvalue weighted by atomic mass is 16.7. The van der Waals surface area contributed by atoms with Crippen molar-refractivity contribution in [3.8, 4) is 11.5 Å². The van der Waals surface area contributed by atoms with Crippen molar-refractivity contribution in [2.24, 2.45) is 0 Å². The number of ether oxygens (including phenoxy) is 2. The first kappa shape index (κ1) is 12.6. The van der Waals surface area contributed by atoms with E-state index in [2.05, 4.69) is 10.3 Å². The third kappa shape index (κ3) is 2.13. The minimum atomic E-state index is -0.212. The highest BCUT2D eigenvalue weighted by molar-refractivity contribution is 6.08. The van der Waals surface area contributed by atoms with Gasteiger partial charge in [-0.05, 0) is 30.3 Å². The summed E-state index contributed by atoms with van der Waals surface area (Å²) in [5.41, 5.74) is 1.96. The summed E-state index contributed by atoms with van der Waals surface area (Å²) in [5, 5.41) is 3.87. The monoisotopic (exact) mass is 292 g/mol. The highest BCUT2D eigenvalue weighted by Gasteiger charge is 2.16. The Morgan fingerprint density at radius 1 is 1.05 bits per heavy atom. The topological polar surface area (TPSA) is 60.5 Å². The Morgan fingerprint density at radius 3 is 2.86 bits per heavy atom. The van der Waals surface area contributed by atoms with Gasteiger partial charge >= 0.3 is 0 Å². The van der Waals surface area contributed by atoms with Crippen LogP contribution in [0.5, 0.6) is 11.5 Å². The van der Waals surface area contributed by atoms with Crippen LogP contribution in [0.15, 0.2) is 54.7 Å². The first-order valence-corrected chi connectivity index (χ1v) is 6.86. The average Bonchev–Trinajstić information content (AvgIpc) is 3.02. The third-order valence-corrected chi connectivity index (χ3v) is 3.52. The molecule has 1 aromatic heterocycles. The number of carbonyl (C=O) groups is 1. The largest absolute Gasteiger partial charge is 0.454 e. The minimum Gasteiger partial charge on any atom is -0.454 e. The van der Waals surface area contributed by atoms with Gasteiger partial charge in [0.1, 0.15) is 0 Å². The Labute approximate surface area is 126 Å². The summed E-state index contributed by atoms with van der Waals surface area (Å²) in [7, 11) is 0. The van der Waals surface area contributed by atoms with E-state index >= 15 is 0 Å². The predicted octanol–water partition coefficient (Wildman–Crippen LogP) is 3.22. The summed E-state index contributed by atoms with van der Waals surface area (Å²) in [4.78, 5) is 16.7. The SMILES string of the molecule is O=C(Nc1cccc2cccnc12)c1ccc2c(c1)OCO2. The van der Waals surface area contributed by atoms with Crippen LogP contribution in [0, 0.1) is 0 Å². The van der Waals surface area contributed by atoms with Crippen molar-refractivity contribution in [3.05, 3.63) is 60.3 Å². The van der Waals surface area contributed by atoms with Gasteiger partial charge in [0.05, 0.1) is 11.2 Å². The van der Waals surface area contributed by atoms with Gasteiger partial charge in [0.25, 0.3) is 5.91 Å². The maximum absolute atomic E-state index is 12.4. The second-order valence-electron chi connectivity index (χ2n) is 4.90. The highest BCUT2D eigenvalue weighted by Crippen LogP contribution is 2.32. The molecule has 1 amide bonds. The second-order valence-corrected chi connectivity index (χ2v) is 4.90. The lowest BCUT2D eigenvalue weighted by atomic mass is 10.1. The first-order chi connectivity index (χ1) is 10.8. The number of hydrogen-bond acceptors (Lipinski definition) is 4. The molecule has 0 spiro atoms. The van der Waals surface area contributed by atoms with E-state index < -0.39 is 0 Å². The lowest BCUT2D eigenvalue weighted by Gasteiger charge is -2.08. The molecule has 0 saturated carbocycles. The van der Waals surface area contributed by atoms with Gasteiger partial charge in [-0.25, -0.2) is 0 Å². The van der Waals surface area contributed by atoms with Crippen LogP contribution < -0.4 is 14.8 Å². The molecule has 0 fully saturated rings. The molecule has 0 bridgehead atoms. The van der Waals surface area contributed by atoms with Crippen LogP contribution >= 0.6 is 0 Å². The summed E-state index contributed by atoms with van der Waals surface area (Å²) >= 11 is 0. The number of para-hydroxylation sites is 1. The standard InChI is InChI=1S/C17H12N2O3/c20-17(12-6-7-14-15(9-12)22-10-21-14)19-13-5-1-3-11-4-2-8-18-16(11)13/h1-9H,10H2,(H,19,20). The molecule has 2 aromatic carbocycles. The van der Waals surface area contributed by atoms with Gasteiger partial charge in [0.2, 0.25) is 6.79 Å². The number of hydrogen-bond donors (Lipinski definition) is 1. The van der Waals surface area contributed by atoms with Crippen LogP contribution in [0.1, 0.15) is 10.4 Å². The Hall–Kier alpha value is -3.08. The molecule has 3 aromatic rings. The number of nitrogens with zero attached hydrogens (tertiary/aromatic N) is 1. The molecule has 1 aliphatic rings. The van der Waals surface area contributed by atoms with Crippen molar-refractivity contribution in [3.63, 3.8) is 0 Å². The van der Waals surface area contributed by atoms with E-state index in [0.717, 1.165) is 10.9 Å². The van der Waals surface area contributed by atoms with Crippen LogP contribution in [0.3, 0.4) is 0 Å². The lowest BCUT2D eigenvalue weighted by molar-refractivity contribution is 0.102. The molecule has 5 heteroatoms. The van der Waals surface area contributed by atoms with Crippen molar-refractivity contribution in [2.75, 3.05) is 12.1 Å². The van der Waals surface area contributed by atoms with Crippen LogP contribution in [-0.2, 0) is 0 Å². The fourth-order valence-corrected chi connectivity index (χ4v) is 2.44. The molecule has 0 radical (unpaired) electrons. The molecule has 1 N–H and O–H groups in total. The summed E-state index contributed by atoms with van der Waals surface area (Å²) < 4.78 is 10.5. The average molecular weight is 292 g/mol. The maximum Gasteiger partial charge on any atom is 0.255 e. The number of rotatable bonds is 2. The Bertz CT molecular complexity index is 871. The van der Waals surface area contributed by atoms with Gasteiger partial charge in [-0.15, -0.1) is 0 Å². The molecule has 0 aliphatic carbocycles. The fourth-order valence-electron chi connectivity index (χ4n) is 2.44. The molecule has 2 heterocycles. The van der Waals surface area contributed by atoms with E-state index in [0.29, 0.717) is 22.7 Å². The summed E-state index contributed by atoms with van der Waals surface area (Å²) in [6.07, 6.45) is 1.71. The number of aromatic nitrogens is 1. The molecular formula is C17H12N2O3. The van der Waals surface area contributed by atoms with Crippen molar-refractivity contribution >= 4 is 22.5 Å². The van der Waals surface area contributed by atoms with Gasteiger partial charge < -0.3 is 14.8 Å². The van der Waals surface area contributed by atoms with E-state index in [4.69, 9.17) is 9.47 Å². The Morgan fingerprint density at radius 2 is 1.91 bits per heavy atom. The summed E-state index contributed by atoms with van der Waals surface area (Å²) in [6, 6.07) is 14.6. The number of carbonyl (C=O) groups excluding carboxylic acids is 1. The quantitative estimate of drug-likeness (QED) is 0.788. The van der Waals surface area contributed by atoms with Gasteiger partial charge in [0.15, 0.2) is 11.5 Å². The van der Waals surface area contributed by atoms with Crippen LogP contribution in [0.2, 0.25) is 0 Å². The number of benzene rings is 2. The van der Waals surface area contributed by atoms with Gasteiger partial charge in [-0.3, -0.25) is 9.78 Å². The van der Waals surface area contributed by atoms with Gasteiger partial charge in [0, 0.05) is 17.1 Å². The van der Waals surface area contributed by atoms with Crippen molar-refractivity contribution < 1.29 is 14.3 Å². The zero-order chi connectivity index (χ0) is 14.9.